The fourth-order valence-corrected chi connectivity index (χ4v) is 3.97. The Morgan fingerprint density at radius 3 is 2.83 bits per heavy atom. The van der Waals surface area contributed by atoms with Crippen LogP contribution in [0.3, 0.4) is 0 Å². The highest BCUT2D eigenvalue weighted by molar-refractivity contribution is 5.97. The summed E-state index contributed by atoms with van der Waals surface area (Å²) < 4.78 is 6.27. The third kappa shape index (κ3) is 6.17. The number of amides is 2. The number of carbonyl (C=O) groups is 2. The van der Waals surface area contributed by atoms with E-state index in [0.29, 0.717) is 35.8 Å². The molecule has 3 atom stereocenters. The third-order valence-electron chi connectivity index (χ3n) is 6.46. The van der Waals surface area contributed by atoms with Gasteiger partial charge in [-0.2, -0.15) is 0 Å². The molecule has 1 saturated carbocycles. The molecule has 0 bridgehead atoms. The molecule has 3 heterocycles. The van der Waals surface area contributed by atoms with Gasteiger partial charge in [0, 0.05) is 49.1 Å². The Morgan fingerprint density at radius 1 is 1.34 bits per heavy atom. The van der Waals surface area contributed by atoms with Crippen molar-refractivity contribution in [1.82, 2.24) is 19.8 Å². The van der Waals surface area contributed by atoms with E-state index in [4.69, 9.17) is 4.74 Å². The van der Waals surface area contributed by atoms with E-state index in [-0.39, 0.29) is 42.7 Å². The number of pyridine rings is 2. The number of aliphatic hydroxyl groups excluding tert-OH is 1. The maximum atomic E-state index is 13.5. The van der Waals surface area contributed by atoms with Crippen LogP contribution < -0.4 is 4.74 Å². The van der Waals surface area contributed by atoms with Gasteiger partial charge in [-0.05, 0) is 38.0 Å². The molecule has 8 nitrogen and oxygen atoms in total. The molecule has 1 aliphatic carbocycles. The molecule has 2 amide bonds. The molecule has 2 aliphatic rings. The average molecular weight is 477 g/mol. The third-order valence-corrected chi connectivity index (χ3v) is 6.46. The van der Waals surface area contributed by atoms with Crippen LogP contribution in [-0.2, 0) is 11.2 Å². The van der Waals surface area contributed by atoms with Gasteiger partial charge < -0.3 is 19.6 Å². The van der Waals surface area contributed by atoms with E-state index in [1.165, 1.54) is 0 Å². The van der Waals surface area contributed by atoms with Crippen molar-refractivity contribution in [3.05, 3.63) is 53.5 Å². The first-order valence-corrected chi connectivity index (χ1v) is 12.1. The standard InChI is InChI=1S/C27H32N4O4/c1-18-15-31(19(2)17-32)27(34)23-12-21(10-9-20-7-8-20)14-29-26(23)35-24(18)16-30(3)25(33)13-22-6-4-5-11-28-22/h4-6,11-12,14,18-20,24,32H,7-8,13,15-17H2,1-3H3/t18-,19-,24-/m0/s1. The summed E-state index contributed by atoms with van der Waals surface area (Å²) in [6.07, 6.45) is 5.32. The lowest BCUT2D eigenvalue weighted by atomic mass is 9.99. The Bertz CT molecular complexity index is 1120. The molecule has 2 aromatic heterocycles. The minimum absolute atomic E-state index is 0.0721. The summed E-state index contributed by atoms with van der Waals surface area (Å²) in [6.45, 7) is 4.34. The van der Waals surface area contributed by atoms with Gasteiger partial charge in [-0.25, -0.2) is 4.98 Å². The summed E-state index contributed by atoms with van der Waals surface area (Å²) in [5.74, 6) is 6.54. The number of ether oxygens (including phenoxy) is 1. The molecule has 8 heteroatoms. The second kappa shape index (κ2) is 10.9. The van der Waals surface area contributed by atoms with Crippen molar-refractivity contribution in [2.45, 2.75) is 45.3 Å². The van der Waals surface area contributed by atoms with Crippen LogP contribution in [0, 0.1) is 23.7 Å². The number of rotatable bonds is 6. The molecule has 1 aliphatic heterocycles. The predicted octanol–water partition coefficient (Wildman–Crippen LogP) is 2.16. The van der Waals surface area contributed by atoms with Crippen LogP contribution in [0.5, 0.6) is 5.88 Å². The molecule has 2 aromatic rings. The Kier molecular flexibility index (Phi) is 7.67. The summed E-state index contributed by atoms with van der Waals surface area (Å²) in [7, 11) is 1.74. The van der Waals surface area contributed by atoms with Gasteiger partial charge >= 0.3 is 0 Å². The minimum Gasteiger partial charge on any atom is -0.472 e. The second-order valence-electron chi connectivity index (χ2n) is 9.52. The fourth-order valence-electron chi connectivity index (χ4n) is 3.97. The lowest BCUT2D eigenvalue weighted by Gasteiger charge is -2.37. The van der Waals surface area contributed by atoms with Crippen LogP contribution in [0.1, 0.15) is 48.3 Å². The fraction of sp³-hybridized carbons (Fsp3) is 0.481. The Labute approximate surface area is 206 Å². The van der Waals surface area contributed by atoms with Crippen LogP contribution in [-0.4, -0.2) is 75.6 Å². The lowest BCUT2D eigenvalue weighted by molar-refractivity contribution is -0.130. The summed E-state index contributed by atoms with van der Waals surface area (Å²) >= 11 is 0. The van der Waals surface area contributed by atoms with Gasteiger partial charge in [-0.15, -0.1) is 0 Å². The van der Waals surface area contributed by atoms with Gasteiger partial charge in [0.2, 0.25) is 11.8 Å². The lowest BCUT2D eigenvalue weighted by Crippen LogP contribution is -2.50. The van der Waals surface area contributed by atoms with Gasteiger partial charge in [0.1, 0.15) is 11.7 Å². The van der Waals surface area contributed by atoms with E-state index in [0.717, 1.165) is 12.8 Å². The molecule has 35 heavy (non-hydrogen) atoms. The molecule has 0 unspecified atom stereocenters. The predicted molar refractivity (Wildman–Crippen MR) is 131 cm³/mol. The van der Waals surface area contributed by atoms with E-state index < -0.39 is 6.10 Å². The molecule has 0 aromatic carbocycles. The monoisotopic (exact) mass is 476 g/mol. The molecular weight excluding hydrogens is 444 g/mol. The topological polar surface area (TPSA) is 95.9 Å². The number of carbonyl (C=O) groups excluding carboxylic acids is 2. The zero-order chi connectivity index (χ0) is 24.9. The van der Waals surface area contributed by atoms with Crippen molar-refractivity contribution in [2.75, 3.05) is 26.7 Å². The minimum atomic E-state index is -0.399. The summed E-state index contributed by atoms with van der Waals surface area (Å²) in [4.78, 5) is 38.3. The van der Waals surface area contributed by atoms with Crippen LogP contribution in [0.2, 0.25) is 0 Å². The van der Waals surface area contributed by atoms with Gasteiger partial charge in [-0.3, -0.25) is 14.6 Å². The molecule has 4 rings (SSSR count). The van der Waals surface area contributed by atoms with Crippen molar-refractivity contribution >= 4 is 11.8 Å². The molecule has 0 radical (unpaired) electrons. The van der Waals surface area contributed by atoms with E-state index in [1.807, 2.05) is 32.0 Å². The van der Waals surface area contributed by atoms with Crippen molar-refractivity contribution < 1.29 is 19.4 Å². The van der Waals surface area contributed by atoms with Crippen molar-refractivity contribution in [3.63, 3.8) is 0 Å². The highest BCUT2D eigenvalue weighted by atomic mass is 16.5. The van der Waals surface area contributed by atoms with Crippen molar-refractivity contribution in [3.8, 4) is 17.7 Å². The maximum Gasteiger partial charge on any atom is 0.259 e. The number of aliphatic hydroxyl groups is 1. The summed E-state index contributed by atoms with van der Waals surface area (Å²) in [5, 5.41) is 9.81. The van der Waals surface area contributed by atoms with Gasteiger partial charge in [0.05, 0.1) is 25.6 Å². The van der Waals surface area contributed by atoms with Crippen LogP contribution in [0.25, 0.3) is 0 Å². The summed E-state index contributed by atoms with van der Waals surface area (Å²) in [5.41, 5.74) is 1.70. The zero-order valence-electron chi connectivity index (χ0n) is 20.5. The van der Waals surface area contributed by atoms with E-state index in [2.05, 4.69) is 21.8 Å². The number of hydrogen-bond donors (Lipinski definition) is 1. The first-order chi connectivity index (χ1) is 16.9. The zero-order valence-corrected chi connectivity index (χ0v) is 20.5. The normalized spacial score (nSPS) is 20.5. The van der Waals surface area contributed by atoms with Crippen LogP contribution in [0.15, 0.2) is 36.7 Å². The maximum absolute atomic E-state index is 13.5. The molecule has 0 spiro atoms. The van der Waals surface area contributed by atoms with Crippen molar-refractivity contribution in [2.24, 2.45) is 11.8 Å². The number of aromatic nitrogens is 2. The van der Waals surface area contributed by atoms with E-state index in [9.17, 15) is 14.7 Å². The second-order valence-corrected chi connectivity index (χ2v) is 9.52. The number of fused-ring (bicyclic) bond motifs is 1. The molecule has 1 fully saturated rings. The molecule has 0 saturated heterocycles. The van der Waals surface area contributed by atoms with Gasteiger partial charge in [0.15, 0.2) is 0 Å². The van der Waals surface area contributed by atoms with Gasteiger partial charge in [0.25, 0.3) is 5.91 Å². The Hall–Kier alpha value is -3.44. The van der Waals surface area contributed by atoms with Crippen LogP contribution in [0.4, 0.5) is 0 Å². The first-order valence-electron chi connectivity index (χ1n) is 12.1. The van der Waals surface area contributed by atoms with Crippen LogP contribution >= 0.6 is 0 Å². The van der Waals surface area contributed by atoms with Crippen molar-refractivity contribution in [1.29, 1.82) is 0 Å². The number of nitrogens with zero attached hydrogens (tertiary/aromatic N) is 4. The largest absolute Gasteiger partial charge is 0.472 e. The molecule has 1 N–H and O–H groups in total. The van der Waals surface area contributed by atoms with Gasteiger partial charge in [-0.1, -0.05) is 24.8 Å². The van der Waals surface area contributed by atoms with E-state index in [1.54, 1.807) is 35.3 Å². The summed E-state index contributed by atoms with van der Waals surface area (Å²) in [6, 6.07) is 6.84. The average Bonchev–Trinajstić information content (AvgIpc) is 3.69. The quantitative estimate of drug-likeness (QED) is 0.642. The molecular formula is C27H32N4O4. The number of likely N-dealkylation sites (N-methyl/N-ethyl adjacent to an activating group) is 1. The highest BCUT2D eigenvalue weighted by Crippen LogP contribution is 2.29. The van der Waals surface area contributed by atoms with E-state index >= 15 is 0 Å². The number of hydrogen-bond acceptors (Lipinski definition) is 6. The Morgan fingerprint density at radius 2 is 2.14 bits per heavy atom. The smallest absolute Gasteiger partial charge is 0.259 e. The molecule has 184 valence electrons. The SMILES string of the molecule is C[C@H]1CN([C@@H](C)CO)C(=O)c2cc(C#CC3CC3)cnc2O[C@H]1CN(C)C(=O)Cc1ccccn1. The Balaban J connectivity index is 1.58. The highest BCUT2D eigenvalue weighted by Gasteiger charge is 2.34. The first kappa shape index (κ1) is 24.7.